The largest absolute Gasteiger partial charge is 0.497 e. The van der Waals surface area contributed by atoms with Crippen molar-refractivity contribution < 1.29 is 9.84 Å². The van der Waals surface area contributed by atoms with Gasteiger partial charge < -0.3 is 14.7 Å². The van der Waals surface area contributed by atoms with E-state index in [0.717, 1.165) is 23.5 Å². The summed E-state index contributed by atoms with van der Waals surface area (Å²) in [7, 11) is 3.69. The number of benzene rings is 2. The average molecular weight is 271 g/mol. The highest BCUT2D eigenvalue weighted by Crippen LogP contribution is 2.22. The third kappa shape index (κ3) is 3.75. The lowest BCUT2D eigenvalue weighted by molar-refractivity contribution is 0.170. The molecular formula is C17H21NO2. The molecule has 3 nitrogen and oxygen atoms in total. The Morgan fingerprint density at radius 2 is 1.85 bits per heavy atom. The highest BCUT2D eigenvalue weighted by molar-refractivity contribution is 5.50. The smallest absolute Gasteiger partial charge is 0.120 e. The van der Waals surface area contributed by atoms with E-state index in [9.17, 15) is 5.11 Å². The van der Waals surface area contributed by atoms with E-state index < -0.39 is 6.10 Å². The van der Waals surface area contributed by atoms with Crippen LogP contribution in [0.25, 0.3) is 0 Å². The molecule has 20 heavy (non-hydrogen) atoms. The Bertz CT molecular complexity index is 528. The van der Waals surface area contributed by atoms with Gasteiger partial charge in [0.25, 0.3) is 0 Å². The van der Waals surface area contributed by atoms with Gasteiger partial charge in [-0.25, -0.2) is 0 Å². The minimum Gasteiger partial charge on any atom is -0.497 e. The van der Waals surface area contributed by atoms with Gasteiger partial charge in [0.1, 0.15) is 5.75 Å². The highest BCUT2D eigenvalue weighted by Gasteiger charge is 2.09. The summed E-state index contributed by atoms with van der Waals surface area (Å²) in [4.78, 5) is 2.12. The third-order valence-corrected chi connectivity index (χ3v) is 3.42. The van der Waals surface area contributed by atoms with Crippen LogP contribution in [0.3, 0.4) is 0 Å². The van der Waals surface area contributed by atoms with Gasteiger partial charge in [-0.2, -0.15) is 0 Å². The van der Waals surface area contributed by atoms with E-state index in [4.69, 9.17) is 4.74 Å². The first-order valence-corrected chi connectivity index (χ1v) is 6.79. The van der Waals surface area contributed by atoms with E-state index in [1.807, 2.05) is 61.6 Å². The Labute approximate surface area is 120 Å². The fourth-order valence-corrected chi connectivity index (χ4v) is 2.13. The minimum atomic E-state index is -0.427. The summed E-state index contributed by atoms with van der Waals surface area (Å²) in [5, 5.41) is 10.2. The topological polar surface area (TPSA) is 32.7 Å². The third-order valence-electron chi connectivity index (χ3n) is 3.42. The molecule has 0 radical (unpaired) electrons. The van der Waals surface area contributed by atoms with Gasteiger partial charge in [-0.1, -0.05) is 36.4 Å². The molecule has 3 heteroatoms. The number of hydrogen-bond donors (Lipinski definition) is 1. The summed E-state index contributed by atoms with van der Waals surface area (Å²) in [6, 6.07) is 17.7. The second kappa shape index (κ2) is 6.96. The number of hydrogen-bond acceptors (Lipinski definition) is 3. The van der Waals surface area contributed by atoms with Crippen LogP contribution in [-0.2, 0) is 0 Å². The summed E-state index contributed by atoms with van der Waals surface area (Å²) in [5.41, 5.74) is 2.05. The predicted octanol–water partition coefficient (Wildman–Crippen LogP) is 3.26. The number of anilines is 1. The lowest BCUT2D eigenvalue weighted by Gasteiger charge is -2.21. The zero-order valence-electron chi connectivity index (χ0n) is 12.0. The maximum Gasteiger partial charge on any atom is 0.120 e. The second-order valence-corrected chi connectivity index (χ2v) is 4.84. The normalized spacial score (nSPS) is 11.9. The monoisotopic (exact) mass is 271 g/mol. The first-order valence-electron chi connectivity index (χ1n) is 6.79. The van der Waals surface area contributed by atoms with Crippen molar-refractivity contribution in [1.29, 1.82) is 0 Å². The van der Waals surface area contributed by atoms with Crippen molar-refractivity contribution in [2.45, 2.75) is 12.5 Å². The van der Waals surface area contributed by atoms with Crippen molar-refractivity contribution in [3.8, 4) is 5.75 Å². The molecule has 0 bridgehead atoms. The summed E-state index contributed by atoms with van der Waals surface area (Å²) in [6.45, 7) is 0.781. The highest BCUT2D eigenvalue weighted by atomic mass is 16.5. The first kappa shape index (κ1) is 14.4. The summed E-state index contributed by atoms with van der Waals surface area (Å²) >= 11 is 0. The van der Waals surface area contributed by atoms with E-state index >= 15 is 0 Å². The van der Waals surface area contributed by atoms with E-state index in [2.05, 4.69) is 4.90 Å². The zero-order valence-corrected chi connectivity index (χ0v) is 12.0. The van der Waals surface area contributed by atoms with Crippen molar-refractivity contribution in [3.63, 3.8) is 0 Å². The molecule has 0 fully saturated rings. The molecule has 1 N–H and O–H groups in total. The quantitative estimate of drug-likeness (QED) is 0.875. The van der Waals surface area contributed by atoms with Crippen LogP contribution < -0.4 is 9.64 Å². The maximum atomic E-state index is 10.2. The molecule has 0 spiro atoms. The van der Waals surface area contributed by atoms with Gasteiger partial charge in [0.2, 0.25) is 0 Å². The number of rotatable bonds is 6. The summed E-state index contributed by atoms with van der Waals surface area (Å²) in [6.07, 6.45) is 0.266. The lowest BCUT2D eigenvalue weighted by atomic mass is 10.1. The molecule has 2 rings (SSSR count). The van der Waals surface area contributed by atoms with Crippen molar-refractivity contribution >= 4 is 5.69 Å². The SMILES string of the molecule is COc1cccc(N(C)CCC(O)c2ccccc2)c1. The lowest BCUT2D eigenvalue weighted by Crippen LogP contribution is -2.20. The molecule has 0 amide bonds. The van der Waals surface area contributed by atoms with Gasteiger partial charge in [-0.3, -0.25) is 0 Å². The standard InChI is InChI=1S/C17H21NO2/c1-18(15-9-6-10-16(13-15)20-2)12-11-17(19)14-7-4-3-5-8-14/h3-10,13,17,19H,11-12H2,1-2H3. The molecule has 2 aromatic carbocycles. The van der Waals surface area contributed by atoms with Crippen LogP contribution in [0.2, 0.25) is 0 Å². The van der Waals surface area contributed by atoms with Gasteiger partial charge in [0.15, 0.2) is 0 Å². The van der Waals surface area contributed by atoms with Crippen LogP contribution in [0.5, 0.6) is 5.75 Å². The fraction of sp³-hybridized carbons (Fsp3) is 0.294. The molecular weight excluding hydrogens is 250 g/mol. The van der Waals surface area contributed by atoms with Gasteiger partial charge in [-0.05, 0) is 24.1 Å². The molecule has 2 aromatic rings. The maximum absolute atomic E-state index is 10.2. The van der Waals surface area contributed by atoms with E-state index in [1.165, 1.54) is 0 Å². The summed E-state index contributed by atoms with van der Waals surface area (Å²) in [5.74, 6) is 0.845. The summed E-state index contributed by atoms with van der Waals surface area (Å²) < 4.78 is 5.22. The van der Waals surface area contributed by atoms with Gasteiger partial charge in [-0.15, -0.1) is 0 Å². The van der Waals surface area contributed by atoms with Crippen LogP contribution in [0, 0.1) is 0 Å². The molecule has 0 aliphatic rings. The minimum absolute atomic E-state index is 0.427. The number of methoxy groups -OCH3 is 1. The van der Waals surface area contributed by atoms with Gasteiger partial charge in [0.05, 0.1) is 13.2 Å². The van der Waals surface area contributed by atoms with Gasteiger partial charge >= 0.3 is 0 Å². The fourth-order valence-electron chi connectivity index (χ4n) is 2.13. The average Bonchev–Trinajstić information content (AvgIpc) is 2.53. The molecule has 0 saturated heterocycles. The Balaban J connectivity index is 1.93. The Kier molecular flexibility index (Phi) is 5.02. The number of nitrogens with zero attached hydrogens (tertiary/aromatic N) is 1. The van der Waals surface area contributed by atoms with Gasteiger partial charge in [0, 0.05) is 25.3 Å². The Hall–Kier alpha value is -2.00. The van der Waals surface area contributed by atoms with Crippen LogP contribution >= 0.6 is 0 Å². The van der Waals surface area contributed by atoms with Crippen molar-refractivity contribution in [2.75, 3.05) is 25.6 Å². The molecule has 1 unspecified atom stereocenters. The Morgan fingerprint density at radius 1 is 1.10 bits per heavy atom. The molecule has 0 heterocycles. The zero-order chi connectivity index (χ0) is 14.4. The molecule has 0 saturated carbocycles. The predicted molar refractivity (Wildman–Crippen MR) is 82.3 cm³/mol. The molecule has 106 valence electrons. The van der Waals surface area contributed by atoms with Crippen molar-refractivity contribution in [3.05, 3.63) is 60.2 Å². The molecule has 0 aliphatic heterocycles. The molecule has 1 atom stereocenters. The van der Waals surface area contributed by atoms with Crippen molar-refractivity contribution in [2.24, 2.45) is 0 Å². The number of aliphatic hydroxyl groups excluding tert-OH is 1. The van der Waals surface area contributed by atoms with Crippen LogP contribution in [0.1, 0.15) is 18.1 Å². The first-order chi connectivity index (χ1) is 9.70. The number of aliphatic hydroxyl groups is 1. The van der Waals surface area contributed by atoms with E-state index in [-0.39, 0.29) is 0 Å². The van der Waals surface area contributed by atoms with Crippen LogP contribution in [-0.4, -0.2) is 25.8 Å². The molecule has 0 aromatic heterocycles. The number of ether oxygens (including phenoxy) is 1. The Morgan fingerprint density at radius 3 is 2.55 bits per heavy atom. The van der Waals surface area contributed by atoms with Crippen LogP contribution in [0.4, 0.5) is 5.69 Å². The van der Waals surface area contributed by atoms with Crippen molar-refractivity contribution in [1.82, 2.24) is 0 Å². The molecule has 0 aliphatic carbocycles. The van der Waals surface area contributed by atoms with E-state index in [0.29, 0.717) is 6.42 Å². The van der Waals surface area contributed by atoms with Crippen LogP contribution in [0.15, 0.2) is 54.6 Å². The second-order valence-electron chi connectivity index (χ2n) is 4.84. The van der Waals surface area contributed by atoms with E-state index in [1.54, 1.807) is 7.11 Å².